The second-order valence-corrected chi connectivity index (χ2v) is 4.29. The molecule has 1 heteroatoms. The molecule has 1 aliphatic heterocycles. The van der Waals surface area contributed by atoms with Crippen LogP contribution in [0.15, 0.2) is 0 Å². The maximum absolute atomic E-state index is 5.53. The van der Waals surface area contributed by atoms with Crippen molar-refractivity contribution < 1.29 is 4.74 Å². The highest BCUT2D eigenvalue weighted by Gasteiger charge is 2.48. The highest BCUT2D eigenvalue weighted by molar-refractivity contribution is 4.97. The topological polar surface area (TPSA) is 9.23 Å². The maximum atomic E-state index is 5.53. The number of ether oxygens (including phenoxy) is 1. The van der Waals surface area contributed by atoms with Gasteiger partial charge in [-0.3, -0.25) is 0 Å². The Morgan fingerprint density at radius 2 is 1.60 bits per heavy atom. The van der Waals surface area contributed by atoms with Crippen molar-refractivity contribution in [3.8, 4) is 0 Å². The van der Waals surface area contributed by atoms with Crippen LogP contribution < -0.4 is 0 Å². The van der Waals surface area contributed by atoms with Crippen molar-refractivity contribution in [1.82, 2.24) is 0 Å². The minimum absolute atomic E-state index is 0.970. The van der Waals surface area contributed by atoms with Gasteiger partial charge < -0.3 is 4.74 Å². The molecule has 0 aromatic heterocycles. The Balaban J connectivity index is 1.91. The van der Waals surface area contributed by atoms with Gasteiger partial charge in [0.05, 0.1) is 0 Å². The molecule has 1 heterocycles. The van der Waals surface area contributed by atoms with Gasteiger partial charge in [-0.2, -0.15) is 0 Å². The van der Waals surface area contributed by atoms with E-state index in [9.17, 15) is 0 Å². The first-order valence-corrected chi connectivity index (χ1v) is 4.51. The summed E-state index contributed by atoms with van der Waals surface area (Å²) in [6.45, 7) is 2.16. The SMILES string of the molecule is C1C2C[C@H]3COC[C@@H](C2)C13. The van der Waals surface area contributed by atoms with E-state index in [2.05, 4.69) is 0 Å². The molecule has 0 amide bonds. The van der Waals surface area contributed by atoms with Crippen LogP contribution in [-0.4, -0.2) is 13.2 Å². The van der Waals surface area contributed by atoms with Crippen LogP contribution in [0.3, 0.4) is 0 Å². The normalized spacial score (nSPS) is 57.6. The standard InChI is InChI=1S/C9H14O/c1-6-2-8-5-10-4-7(1)9(8)3-6/h6-9H,1-5H2/t6?,7-,8+,9?. The van der Waals surface area contributed by atoms with Crippen LogP contribution in [0.2, 0.25) is 0 Å². The molecule has 2 bridgehead atoms. The number of hydrogen-bond donors (Lipinski definition) is 0. The Labute approximate surface area is 61.8 Å². The molecule has 56 valence electrons. The van der Waals surface area contributed by atoms with Gasteiger partial charge >= 0.3 is 0 Å². The monoisotopic (exact) mass is 138 g/mol. The molecule has 2 unspecified atom stereocenters. The Hall–Kier alpha value is -0.0400. The van der Waals surface area contributed by atoms with E-state index in [0.717, 1.165) is 36.9 Å². The van der Waals surface area contributed by atoms with E-state index in [1.54, 1.807) is 6.42 Å². The molecule has 3 fully saturated rings. The zero-order valence-electron chi connectivity index (χ0n) is 6.25. The second-order valence-electron chi connectivity index (χ2n) is 4.29. The zero-order chi connectivity index (χ0) is 6.55. The van der Waals surface area contributed by atoms with E-state index < -0.39 is 0 Å². The number of rotatable bonds is 0. The Morgan fingerprint density at radius 1 is 0.900 bits per heavy atom. The Kier molecular flexibility index (Phi) is 0.984. The Bertz CT molecular complexity index is 138. The molecule has 2 aliphatic carbocycles. The highest BCUT2D eigenvalue weighted by Crippen LogP contribution is 2.53. The molecular formula is C9H14O. The van der Waals surface area contributed by atoms with E-state index in [1.807, 2.05) is 0 Å². The average molecular weight is 138 g/mol. The second kappa shape index (κ2) is 1.76. The van der Waals surface area contributed by atoms with Crippen LogP contribution in [0, 0.1) is 23.7 Å². The summed E-state index contributed by atoms with van der Waals surface area (Å²) in [5, 5.41) is 0. The van der Waals surface area contributed by atoms with Crippen LogP contribution in [0.5, 0.6) is 0 Å². The van der Waals surface area contributed by atoms with Gasteiger partial charge in [-0.05, 0) is 42.9 Å². The van der Waals surface area contributed by atoms with Crippen LogP contribution in [-0.2, 0) is 4.74 Å². The smallest absolute Gasteiger partial charge is 0.0497 e. The molecule has 10 heavy (non-hydrogen) atoms. The first kappa shape index (κ1) is 5.59. The molecule has 1 nitrogen and oxygen atoms in total. The predicted octanol–water partition coefficient (Wildman–Crippen LogP) is 1.68. The van der Waals surface area contributed by atoms with Crippen LogP contribution in [0.4, 0.5) is 0 Å². The fourth-order valence-corrected chi connectivity index (χ4v) is 3.40. The van der Waals surface area contributed by atoms with E-state index in [1.165, 1.54) is 12.8 Å². The molecule has 0 spiro atoms. The van der Waals surface area contributed by atoms with Gasteiger partial charge in [0.25, 0.3) is 0 Å². The largest absolute Gasteiger partial charge is 0.381 e. The van der Waals surface area contributed by atoms with Gasteiger partial charge in [-0.25, -0.2) is 0 Å². The summed E-state index contributed by atoms with van der Waals surface area (Å²) in [6, 6.07) is 0. The fraction of sp³-hybridized carbons (Fsp3) is 1.00. The van der Waals surface area contributed by atoms with Gasteiger partial charge in [-0.1, -0.05) is 0 Å². The molecule has 0 radical (unpaired) electrons. The third kappa shape index (κ3) is 0.572. The van der Waals surface area contributed by atoms with Crippen molar-refractivity contribution >= 4 is 0 Å². The number of fused-ring (bicyclic) bond motifs is 1. The molecule has 0 N–H and O–H groups in total. The van der Waals surface area contributed by atoms with Crippen molar-refractivity contribution in [2.75, 3.05) is 13.2 Å². The first-order valence-electron chi connectivity index (χ1n) is 4.51. The fourth-order valence-electron chi connectivity index (χ4n) is 3.40. The lowest BCUT2D eigenvalue weighted by atomic mass is 9.80. The summed E-state index contributed by atoms with van der Waals surface area (Å²) in [7, 11) is 0. The van der Waals surface area contributed by atoms with Crippen LogP contribution in [0.25, 0.3) is 0 Å². The predicted molar refractivity (Wildman–Crippen MR) is 38.6 cm³/mol. The van der Waals surface area contributed by atoms with Gasteiger partial charge in [-0.15, -0.1) is 0 Å². The molecule has 3 aliphatic rings. The van der Waals surface area contributed by atoms with Gasteiger partial charge in [0, 0.05) is 13.2 Å². The molecular weight excluding hydrogens is 124 g/mol. The van der Waals surface area contributed by atoms with Crippen molar-refractivity contribution in [2.45, 2.75) is 19.3 Å². The lowest BCUT2D eigenvalue weighted by Crippen LogP contribution is -2.33. The lowest BCUT2D eigenvalue weighted by molar-refractivity contribution is -0.0242. The number of hydrogen-bond acceptors (Lipinski definition) is 1. The molecule has 4 atom stereocenters. The summed E-state index contributed by atoms with van der Waals surface area (Å²) < 4.78 is 5.53. The summed E-state index contributed by atoms with van der Waals surface area (Å²) in [4.78, 5) is 0. The summed E-state index contributed by atoms with van der Waals surface area (Å²) in [5.41, 5.74) is 0. The third-order valence-electron chi connectivity index (χ3n) is 3.75. The van der Waals surface area contributed by atoms with Crippen molar-refractivity contribution in [3.05, 3.63) is 0 Å². The lowest BCUT2D eigenvalue weighted by Gasteiger charge is -2.34. The molecule has 0 aromatic rings. The first-order chi connectivity index (χ1) is 4.93. The van der Waals surface area contributed by atoms with Crippen molar-refractivity contribution in [3.63, 3.8) is 0 Å². The zero-order valence-corrected chi connectivity index (χ0v) is 6.25. The third-order valence-corrected chi connectivity index (χ3v) is 3.75. The summed E-state index contributed by atoms with van der Waals surface area (Å²) >= 11 is 0. The molecule has 0 aromatic carbocycles. The quantitative estimate of drug-likeness (QED) is 0.495. The minimum atomic E-state index is 0.970. The molecule has 2 saturated carbocycles. The van der Waals surface area contributed by atoms with E-state index in [-0.39, 0.29) is 0 Å². The van der Waals surface area contributed by atoms with Crippen LogP contribution >= 0.6 is 0 Å². The average Bonchev–Trinajstić information content (AvgIpc) is 2.40. The van der Waals surface area contributed by atoms with E-state index >= 15 is 0 Å². The van der Waals surface area contributed by atoms with Gasteiger partial charge in [0.15, 0.2) is 0 Å². The van der Waals surface area contributed by atoms with E-state index in [0.29, 0.717) is 0 Å². The van der Waals surface area contributed by atoms with Crippen molar-refractivity contribution in [1.29, 1.82) is 0 Å². The van der Waals surface area contributed by atoms with Crippen LogP contribution in [0.1, 0.15) is 19.3 Å². The van der Waals surface area contributed by atoms with Gasteiger partial charge in [0.2, 0.25) is 0 Å². The summed E-state index contributed by atoms with van der Waals surface area (Å²) in [5.74, 6) is 4.12. The summed E-state index contributed by atoms with van der Waals surface area (Å²) in [6.07, 6.45) is 4.51. The van der Waals surface area contributed by atoms with Crippen molar-refractivity contribution in [2.24, 2.45) is 23.7 Å². The van der Waals surface area contributed by atoms with Gasteiger partial charge in [0.1, 0.15) is 0 Å². The molecule has 3 rings (SSSR count). The minimum Gasteiger partial charge on any atom is -0.381 e. The van der Waals surface area contributed by atoms with E-state index in [4.69, 9.17) is 4.74 Å². The maximum Gasteiger partial charge on any atom is 0.0497 e. The highest BCUT2D eigenvalue weighted by atomic mass is 16.5. The molecule has 1 saturated heterocycles. The Morgan fingerprint density at radius 3 is 2.10 bits per heavy atom.